The van der Waals surface area contributed by atoms with Crippen molar-refractivity contribution in [3.63, 3.8) is 0 Å². The summed E-state index contributed by atoms with van der Waals surface area (Å²) in [5.74, 6) is 1.13. The minimum atomic E-state index is 0.198. The minimum absolute atomic E-state index is 0.198. The summed E-state index contributed by atoms with van der Waals surface area (Å²) in [6.07, 6.45) is 2.18. The Kier molecular flexibility index (Phi) is 6.18. The van der Waals surface area contributed by atoms with Gasteiger partial charge in [-0.05, 0) is 25.7 Å². The van der Waals surface area contributed by atoms with E-state index in [1.807, 2.05) is 6.92 Å². The van der Waals surface area contributed by atoms with Crippen LogP contribution in [-0.2, 0) is 9.47 Å². The van der Waals surface area contributed by atoms with E-state index in [-0.39, 0.29) is 6.04 Å². The maximum atomic E-state index is 5.77. The van der Waals surface area contributed by atoms with E-state index >= 15 is 0 Å². The van der Waals surface area contributed by atoms with Gasteiger partial charge >= 0.3 is 0 Å². The average Bonchev–Trinajstić information content (AvgIpc) is 2.28. The molecule has 0 spiro atoms. The Balaban J connectivity index is 2.21. The largest absolute Gasteiger partial charge is 0.383 e. The highest BCUT2D eigenvalue weighted by Crippen LogP contribution is 2.14. The molecule has 3 N–H and O–H groups in total. The standard InChI is InChI=1S/C11H23N3O2/c1-9(8-15-2)14-11(12)13-7-10-3-5-16-6-4-10/h9-10H,3-8H2,1-2H3,(H3,12,13,14)/t9-/m0/s1. The molecule has 0 aromatic heterocycles. The topological polar surface area (TPSA) is 68.9 Å². The van der Waals surface area contributed by atoms with Crippen LogP contribution in [0, 0.1) is 5.92 Å². The van der Waals surface area contributed by atoms with Gasteiger partial charge in [0.05, 0.1) is 6.61 Å². The Morgan fingerprint density at radius 3 is 2.88 bits per heavy atom. The Labute approximate surface area is 97.4 Å². The van der Waals surface area contributed by atoms with Crippen molar-refractivity contribution >= 4 is 5.96 Å². The number of nitrogens with zero attached hydrogens (tertiary/aromatic N) is 1. The smallest absolute Gasteiger partial charge is 0.188 e. The fourth-order valence-electron chi connectivity index (χ4n) is 1.75. The van der Waals surface area contributed by atoms with E-state index in [1.165, 1.54) is 0 Å². The molecule has 0 aromatic carbocycles. The van der Waals surface area contributed by atoms with Crippen molar-refractivity contribution in [2.24, 2.45) is 16.6 Å². The van der Waals surface area contributed by atoms with Gasteiger partial charge in [0, 0.05) is 32.9 Å². The first kappa shape index (κ1) is 13.3. The van der Waals surface area contributed by atoms with Crippen LogP contribution >= 0.6 is 0 Å². The van der Waals surface area contributed by atoms with Gasteiger partial charge in [-0.3, -0.25) is 4.99 Å². The lowest BCUT2D eigenvalue weighted by Crippen LogP contribution is -2.41. The number of methoxy groups -OCH3 is 1. The van der Waals surface area contributed by atoms with Crippen LogP contribution in [0.3, 0.4) is 0 Å². The molecule has 1 aliphatic heterocycles. The van der Waals surface area contributed by atoms with E-state index < -0.39 is 0 Å². The van der Waals surface area contributed by atoms with E-state index in [9.17, 15) is 0 Å². The normalized spacial score (nSPS) is 20.8. The molecule has 0 aromatic rings. The molecular weight excluding hydrogens is 206 g/mol. The molecule has 94 valence electrons. The van der Waals surface area contributed by atoms with Crippen LogP contribution in [0.2, 0.25) is 0 Å². The highest BCUT2D eigenvalue weighted by atomic mass is 16.5. The van der Waals surface area contributed by atoms with Crippen LogP contribution in [0.25, 0.3) is 0 Å². The lowest BCUT2D eigenvalue weighted by molar-refractivity contribution is 0.0689. The molecule has 0 saturated carbocycles. The van der Waals surface area contributed by atoms with Gasteiger partial charge in [-0.1, -0.05) is 0 Å². The van der Waals surface area contributed by atoms with E-state index in [2.05, 4.69) is 10.3 Å². The fraction of sp³-hybridized carbons (Fsp3) is 0.909. The van der Waals surface area contributed by atoms with Gasteiger partial charge in [0.1, 0.15) is 0 Å². The molecule has 0 aliphatic carbocycles. The van der Waals surface area contributed by atoms with Crippen molar-refractivity contribution in [2.75, 3.05) is 33.5 Å². The van der Waals surface area contributed by atoms with Crippen LogP contribution < -0.4 is 11.1 Å². The first-order chi connectivity index (χ1) is 7.72. The monoisotopic (exact) mass is 229 g/mol. The van der Waals surface area contributed by atoms with Gasteiger partial charge in [-0.15, -0.1) is 0 Å². The van der Waals surface area contributed by atoms with E-state index in [0.717, 1.165) is 32.6 Å². The van der Waals surface area contributed by atoms with Crippen LogP contribution in [0.4, 0.5) is 0 Å². The zero-order valence-electron chi connectivity index (χ0n) is 10.2. The summed E-state index contributed by atoms with van der Waals surface area (Å²) in [6.45, 7) is 5.15. The Hall–Kier alpha value is -0.810. The molecule has 0 unspecified atom stereocenters. The lowest BCUT2D eigenvalue weighted by Gasteiger charge is -2.20. The second kappa shape index (κ2) is 7.46. The van der Waals surface area contributed by atoms with E-state index in [1.54, 1.807) is 7.11 Å². The van der Waals surface area contributed by atoms with Gasteiger partial charge in [0.15, 0.2) is 5.96 Å². The zero-order valence-corrected chi connectivity index (χ0v) is 10.2. The summed E-state index contributed by atoms with van der Waals surface area (Å²) < 4.78 is 10.3. The number of nitrogens with two attached hydrogens (primary N) is 1. The molecule has 5 nitrogen and oxygen atoms in total. The minimum Gasteiger partial charge on any atom is -0.383 e. The van der Waals surface area contributed by atoms with Crippen LogP contribution in [0.5, 0.6) is 0 Å². The number of nitrogens with one attached hydrogen (secondary N) is 1. The molecule has 1 heterocycles. The SMILES string of the molecule is COC[C@H](C)NC(N)=NCC1CCOCC1. The van der Waals surface area contributed by atoms with Crippen molar-refractivity contribution < 1.29 is 9.47 Å². The molecule has 1 saturated heterocycles. The zero-order chi connectivity index (χ0) is 11.8. The van der Waals surface area contributed by atoms with Crippen molar-refractivity contribution in [2.45, 2.75) is 25.8 Å². The second-order valence-electron chi connectivity index (χ2n) is 4.28. The highest BCUT2D eigenvalue weighted by Gasteiger charge is 2.13. The number of aliphatic imine (C=N–C) groups is 1. The molecule has 1 aliphatic rings. The predicted molar refractivity (Wildman–Crippen MR) is 64.5 cm³/mol. The molecule has 16 heavy (non-hydrogen) atoms. The molecule has 0 amide bonds. The summed E-state index contributed by atoms with van der Waals surface area (Å²) in [4.78, 5) is 4.34. The Bertz CT molecular complexity index is 215. The maximum absolute atomic E-state index is 5.77. The Morgan fingerprint density at radius 1 is 1.56 bits per heavy atom. The van der Waals surface area contributed by atoms with Gasteiger partial charge in [0.25, 0.3) is 0 Å². The van der Waals surface area contributed by atoms with Gasteiger partial charge in [-0.2, -0.15) is 0 Å². The fourth-order valence-corrected chi connectivity index (χ4v) is 1.75. The Morgan fingerprint density at radius 2 is 2.25 bits per heavy atom. The van der Waals surface area contributed by atoms with E-state index in [4.69, 9.17) is 15.2 Å². The molecule has 5 heteroatoms. The van der Waals surface area contributed by atoms with Crippen LogP contribution in [0.1, 0.15) is 19.8 Å². The van der Waals surface area contributed by atoms with Crippen molar-refractivity contribution in [1.82, 2.24) is 5.32 Å². The van der Waals surface area contributed by atoms with Gasteiger partial charge in [-0.25, -0.2) is 0 Å². The van der Waals surface area contributed by atoms with Crippen molar-refractivity contribution in [1.29, 1.82) is 0 Å². The highest BCUT2D eigenvalue weighted by molar-refractivity contribution is 5.78. The summed E-state index contributed by atoms with van der Waals surface area (Å²) in [7, 11) is 1.67. The average molecular weight is 229 g/mol. The molecule has 0 radical (unpaired) electrons. The number of ether oxygens (including phenoxy) is 2. The van der Waals surface area contributed by atoms with Crippen molar-refractivity contribution in [3.05, 3.63) is 0 Å². The molecule has 0 bridgehead atoms. The maximum Gasteiger partial charge on any atom is 0.188 e. The number of hydrogen-bond donors (Lipinski definition) is 2. The quantitative estimate of drug-likeness (QED) is 0.527. The second-order valence-corrected chi connectivity index (χ2v) is 4.28. The van der Waals surface area contributed by atoms with Crippen LogP contribution in [-0.4, -0.2) is 45.5 Å². The number of guanidine groups is 1. The number of rotatable bonds is 5. The van der Waals surface area contributed by atoms with E-state index in [0.29, 0.717) is 18.5 Å². The molecule has 1 fully saturated rings. The third-order valence-electron chi connectivity index (χ3n) is 2.67. The molecular formula is C11H23N3O2. The summed E-state index contributed by atoms with van der Waals surface area (Å²) in [5.41, 5.74) is 5.77. The number of hydrogen-bond acceptors (Lipinski definition) is 3. The van der Waals surface area contributed by atoms with Crippen molar-refractivity contribution in [3.8, 4) is 0 Å². The lowest BCUT2D eigenvalue weighted by atomic mass is 10.0. The third kappa shape index (κ3) is 5.32. The first-order valence-corrected chi connectivity index (χ1v) is 5.85. The van der Waals surface area contributed by atoms with Gasteiger partial charge < -0.3 is 20.5 Å². The predicted octanol–water partition coefficient (Wildman–Crippen LogP) is 0.352. The molecule has 1 atom stereocenters. The third-order valence-corrected chi connectivity index (χ3v) is 2.67. The first-order valence-electron chi connectivity index (χ1n) is 5.85. The molecule has 1 rings (SSSR count). The summed E-state index contributed by atoms with van der Waals surface area (Å²) >= 11 is 0. The summed E-state index contributed by atoms with van der Waals surface area (Å²) in [6, 6.07) is 0.198. The van der Waals surface area contributed by atoms with Crippen LogP contribution in [0.15, 0.2) is 4.99 Å². The summed E-state index contributed by atoms with van der Waals surface area (Å²) in [5, 5.41) is 3.09. The van der Waals surface area contributed by atoms with Gasteiger partial charge in [0.2, 0.25) is 0 Å².